The molecule has 0 N–H and O–H groups in total. The molecule has 1 atom stereocenters. The summed E-state index contributed by atoms with van der Waals surface area (Å²) in [6.07, 6.45) is 0.901. The second-order valence-corrected chi connectivity index (χ2v) is 2.69. The number of nitrogens with zero attached hydrogens (tertiary/aromatic N) is 1. The predicted octanol–water partition coefficient (Wildman–Crippen LogP) is 0.147. The van der Waals surface area contributed by atoms with Gasteiger partial charge in [0.1, 0.15) is 0 Å². The van der Waals surface area contributed by atoms with Gasteiger partial charge in [-0.2, -0.15) is 12.6 Å². The summed E-state index contributed by atoms with van der Waals surface area (Å²) < 4.78 is 0. The maximum atomic E-state index is 10.8. The highest BCUT2D eigenvalue weighted by molar-refractivity contribution is 7.81. The van der Waals surface area contributed by atoms with Gasteiger partial charge in [-0.15, -0.1) is 0 Å². The van der Waals surface area contributed by atoms with E-state index in [0.29, 0.717) is 0 Å². The third-order valence-electron chi connectivity index (χ3n) is 1.40. The molecule has 0 bridgehead atoms. The van der Waals surface area contributed by atoms with Gasteiger partial charge in [0.15, 0.2) is 0 Å². The van der Waals surface area contributed by atoms with Crippen molar-refractivity contribution in [2.45, 2.75) is 11.7 Å². The fraction of sp³-hybridized carbons (Fsp3) is 0.800. The lowest BCUT2D eigenvalue weighted by Crippen LogP contribution is -2.22. The molecule has 1 rings (SSSR count). The molecule has 1 saturated heterocycles. The maximum absolute atomic E-state index is 10.8. The van der Waals surface area contributed by atoms with Crippen molar-refractivity contribution < 1.29 is 4.79 Å². The monoisotopic (exact) mass is 131 g/mol. The van der Waals surface area contributed by atoms with E-state index in [2.05, 4.69) is 12.6 Å². The van der Waals surface area contributed by atoms with E-state index in [0.717, 1.165) is 13.0 Å². The second kappa shape index (κ2) is 1.97. The Bertz CT molecular complexity index is 103. The highest BCUT2D eigenvalue weighted by atomic mass is 32.1. The fourth-order valence-electron chi connectivity index (χ4n) is 0.804. The van der Waals surface area contributed by atoms with Crippen LogP contribution in [0, 0.1) is 0 Å². The molecule has 1 amide bonds. The number of hydrogen-bond acceptors (Lipinski definition) is 2. The first-order valence-corrected chi connectivity index (χ1v) is 3.16. The van der Waals surface area contributed by atoms with Crippen LogP contribution in [0.25, 0.3) is 0 Å². The fourth-order valence-corrected chi connectivity index (χ4v) is 1.12. The molecule has 0 aromatic carbocycles. The predicted molar refractivity (Wildman–Crippen MR) is 35.0 cm³/mol. The van der Waals surface area contributed by atoms with Crippen molar-refractivity contribution in [3.63, 3.8) is 0 Å². The molecule has 1 unspecified atom stereocenters. The summed E-state index contributed by atoms with van der Waals surface area (Å²) in [5, 5.41) is -0.0278. The van der Waals surface area contributed by atoms with E-state index in [9.17, 15) is 4.79 Å². The van der Waals surface area contributed by atoms with Crippen LogP contribution in [0.15, 0.2) is 0 Å². The van der Waals surface area contributed by atoms with Gasteiger partial charge in [-0.05, 0) is 6.42 Å². The number of carbonyl (C=O) groups excluding carboxylic acids is 1. The van der Waals surface area contributed by atoms with Crippen molar-refractivity contribution in [2.24, 2.45) is 0 Å². The third kappa shape index (κ3) is 0.823. The SMILES string of the molecule is CN1CCC(S)C1=O. The molecule has 1 aliphatic rings. The van der Waals surface area contributed by atoms with Crippen molar-refractivity contribution in [1.82, 2.24) is 4.90 Å². The van der Waals surface area contributed by atoms with E-state index < -0.39 is 0 Å². The van der Waals surface area contributed by atoms with Crippen LogP contribution < -0.4 is 0 Å². The minimum Gasteiger partial charge on any atom is -0.345 e. The molecule has 1 fully saturated rings. The summed E-state index contributed by atoms with van der Waals surface area (Å²) in [5.74, 6) is 0.160. The van der Waals surface area contributed by atoms with Gasteiger partial charge in [-0.3, -0.25) is 4.79 Å². The lowest BCUT2D eigenvalue weighted by Gasteiger charge is -2.04. The van der Waals surface area contributed by atoms with Crippen LogP contribution in [0.1, 0.15) is 6.42 Å². The topological polar surface area (TPSA) is 20.3 Å². The quantitative estimate of drug-likeness (QED) is 0.464. The van der Waals surface area contributed by atoms with Gasteiger partial charge in [0.2, 0.25) is 5.91 Å². The molecule has 8 heavy (non-hydrogen) atoms. The Morgan fingerprint density at radius 1 is 1.88 bits per heavy atom. The first-order chi connectivity index (χ1) is 3.72. The number of likely N-dealkylation sites (tertiary alicyclic amines) is 1. The first-order valence-electron chi connectivity index (χ1n) is 2.65. The number of carbonyl (C=O) groups is 1. The minimum atomic E-state index is -0.0278. The Hall–Kier alpha value is -0.180. The van der Waals surface area contributed by atoms with Crippen molar-refractivity contribution >= 4 is 18.5 Å². The molecule has 1 aliphatic heterocycles. The van der Waals surface area contributed by atoms with Gasteiger partial charge in [0, 0.05) is 13.6 Å². The van der Waals surface area contributed by atoms with Crippen LogP contribution in [-0.4, -0.2) is 29.6 Å². The highest BCUT2D eigenvalue weighted by Crippen LogP contribution is 2.13. The van der Waals surface area contributed by atoms with Crippen LogP contribution in [0.5, 0.6) is 0 Å². The van der Waals surface area contributed by atoms with E-state index in [-0.39, 0.29) is 11.2 Å². The second-order valence-electron chi connectivity index (χ2n) is 2.06. The standard InChI is InChI=1S/C5H9NOS/c1-6-3-2-4(8)5(6)7/h4,8H,2-3H2,1H3. The number of hydrogen-bond donors (Lipinski definition) is 1. The van der Waals surface area contributed by atoms with Crippen LogP contribution in [0.3, 0.4) is 0 Å². The largest absolute Gasteiger partial charge is 0.345 e. The zero-order valence-electron chi connectivity index (χ0n) is 4.79. The smallest absolute Gasteiger partial charge is 0.235 e. The number of rotatable bonds is 0. The molecule has 46 valence electrons. The molecule has 0 aliphatic carbocycles. The van der Waals surface area contributed by atoms with E-state index in [4.69, 9.17) is 0 Å². The molecule has 0 spiro atoms. The number of thiol groups is 1. The molecule has 3 heteroatoms. The minimum absolute atomic E-state index is 0.0278. The van der Waals surface area contributed by atoms with Crippen molar-refractivity contribution in [2.75, 3.05) is 13.6 Å². The van der Waals surface area contributed by atoms with Crippen molar-refractivity contribution in [1.29, 1.82) is 0 Å². The Labute approximate surface area is 54.3 Å². The molecule has 2 nitrogen and oxygen atoms in total. The molecule has 0 aromatic rings. The third-order valence-corrected chi connectivity index (χ3v) is 1.88. The highest BCUT2D eigenvalue weighted by Gasteiger charge is 2.24. The van der Waals surface area contributed by atoms with Crippen LogP contribution in [-0.2, 0) is 4.79 Å². The molecular formula is C5H9NOS. The molecular weight excluding hydrogens is 122 g/mol. The van der Waals surface area contributed by atoms with E-state index in [1.54, 1.807) is 11.9 Å². The van der Waals surface area contributed by atoms with Crippen LogP contribution >= 0.6 is 12.6 Å². The maximum Gasteiger partial charge on any atom is 0.235 e. The zero-order chi connectivity index (χ0) is 6.15. The lowest BCUT2D eigenvalue weighted by atomic mass is 10.4. The Morgan fingerprint density at radius 3 is 2.62 bits per heavy atom. The Balaban J connectivity index is 2.57. The summed E-state index contributed by atoms with van der Waals surface area (Å²) in [6.45, 7) is 0.868. The van der Waals surface area contributed by atoms with Gasteiger partial charge in [-0.1, -0.05) is 0 Å². The van der Waals surface area contributed by atoms with Gasteiger partial charge >= 0.3 is 0 Å². The van der Waals surface area contributed by atoms with Crippen molar-refractivity contribution in [3.8, 4) is 0 Å². The van der Waals surface area contributed by atoms with Crippen LogP contribution in [0.4, 0.5) is 0 Å². The summed E-state index contributed by atoms with van der Waals surface area (Å²) >= 11 is 4.06. The molecule has 0 aromatic heterocycles. The average Bonchev–Trinajstić information content (AvgIpc) is 1.98. The molecule has 0 radical (unpaired) electrons. The summed E-state index contributed by atoms with van der Waals surface area (Å²) in [6, 6.07) is 0. The molecule has 1 heterocycles. The van der Waals surface area contributed by atoms with E-state index in [1.807, 2.05) is 0 Å². The molecule has 0 saturated carbocycles. The van der Waals surface area contributed by atoms with Gasteiger partial charge in [0.05, 0.1) is 5.25 Å². The first kappa shape index (κ1) is 5.95. The summed E-state index contributed by atoms with van der Waals surface area (Å²) in [4.78, 5) is 12.5. The van der Waals surface area contributed by atoms with Crippen molar-refractivity contribution in [3.05, 3.63) is 0 Å². The summed E-state index contributed by atoms with van der Waals surface area (Å²) in [5.41, 5.74) is 0. The zero-order valence-corrected chi connectivity index (χ0v) is 5.69. The van der Waals surface area contributed by atoms with E-state index in [1.165, 1.54) is 0 Å². The Kier molecular flexibility index (Phi) is 1.47. The van der Waals surface area contributed by atoms with Gasteiger partial charge in [-0.25, -0.2) is 0 Å². The average molecular weight is 131 g/mol. The Morgan fingerprint density at radius 2 is 2.50 bits per heavy atom. The lowest BCUT2D eigenvalue weighted by molar-refractivity contribution is -0.126. The normalized spacial score (nSPS) is 29.5. The van der Waals surface area contributed by atoms with E-state index >= 15 is 0 Å². The number of amides is 1. The van der Waals surface area contributed by atoms with Gasteiger partial charge < -0.3 is 4.90 Å². The van der Waals surface area contributed by atoms with Gasteiger partial charge in [0.25, 0.3) is 0 Å². The summed E-state index contributed by atoms with van der Waals surface area (Å²) in [7, 11) is 1.80. The van der Waals surface area contributed by atoms with Crippen LogP contribution in [0.2, 0.25) is 0 Å².